The Bertz CT molecular complexity index is 856. The van der Waals surface area contributed by atoms with E-state index in [9.17, 15) is 4.79 Å². The third-order valence-corrected chi connectivity index (χ3v) is 4.42. The summed E-state index contributed by atoms with van der Waals surface area (Å²) in [4.78, 5) is 11.7. The molecule has 0 unspecified atom stereocenters. The number of nitrogens with one attached hydrogen (secondary N) is 2. The molecule has 3 rings (SSSR count). The minimum absolute atomic E-state index is 0.116. The number of nitrogens with zero attached hydrogens (tertiary/aromatic N) is 3. The Kier molecular flexibility index (Phi) is 5.53. The number of aromatic nitrogens is 4. The molecule has 0 saturated heterocycles. The van der Waals surface area contributed by atoms with Gasteiger partial charge in [0.1, 0.15) is 5.78 Å². The van der Waals surface area contributed by atoms with Crippen molar-refractivity contribution in [3.05, 3.63) is 54.1 Å². The third kappa shape index (κ3) is 4.03. The van der Waals surface area contributed by atoms with Crippen LogP contribution in [0, 0.1) is 5.92 Å². The van der Waals surface area contributed by atoms with Crippen LogP contribution in [0.25, 0.3) is 22.5 Å². The van der Waals surface area contributed by atoms with Crippen LogP contribution in [-0.4, -0.2) is 32.4 Å². The second kappa shape index (κ2) is 8.01. The van der Waals surface area contributed by atoms with Crippen molar-refractivity contribution in [1.29, 1.82) is 0 Å². The van der Waals surface area contributed by atoms with E-state index in [0.29, 0.717) is 12.4 Å². The van der Waals surface area contributed by atoms with Gasteiger partial charge in [-0.1, -0.05) is 62.4 Å². The van der Waals surface area contributed by atoms with Crippen molar-refractivity contribution >= 4 is 5.78 Å². The van der Waals surface area contributed by atoms with Crippen LogP contribution in [0.3, 0.4) is 0 Å². The summed E-state index contributed by atoms with van der Waals surface area (Å²) in [5.41, 5.74) is 4.25. The SMILES string of the molecule is CC(=O)[C@@H](NCc1ccc(-c2ccccc2-c2nnn[nH]2)cc1)C(C)C. The van der Waals surface area contributed by atoms with E-state index < -0.39 is 0 Å². The number of benzene rings is 2. The van der Waals surface area contributed by atoms with Gasteiger partial charge < -0.3 is 5.32 Å². The van der Waals surface area contributed by atoms with E-state index in [-0.39, 0.29) is 17.7 Å². The lowest BCUT2D eigenvalue weighted by atomic mass is 9.97. The fourth-order valence-electron chi connectivity index (χ4n) is 3.09. The predicted molar refractivity (Wildman–Crippen MR) is 101 cm³/mol. The largest absolute Gasteiger partial charge is 0.303 e. The zero-order valence-corrected chi connectivity index (χ0v) is 15.2. The lowest BCUT2D eigenvalue weighted by Gasteiger charge is -2.19. The molecule has 0 aliphatic heterocycles. The molecule has 6 heteroatoms. The van der Waals surface area contributed by atoms with Gasteiger partial charge >= 0.3 is 0 Å². The van der Waals surface area contributed by atoms with E-state index in [0.717, 1.165) is 22.3 Å². The summed E-state index contributed by atoms with van der Waals surface area (Å²) in [6.07, 6.45) is 0. The Labute approximate surface area is 153 Å². The normalized spacial score (nSPS) is 12.3. The molecular formula is C20H23N5O. The number of hydrogen-bond donors (Lipinski definition) is 2. The molecule has 0 aliphatic carbocycles. The summed E-state index contributed by atoms with van der Waals surface area (Å²) < 4.78 is 0. The van der Waals surface area contributed by atoms with Gasteiger partial charge in [0.2, 0.25) is 0 Å². The molecule has 1 heterocycles. The Morgan fingerprint density at radius 2 is 1.77 bits per heavy atom. The molecule has 2 N–H and O–H groups in total. The molecule has 2 aromatic carbocycles. The molecule has 26 heavy (non-hydrogen) atoms. The predicted octanol–water partition coefficient (Wildman–Crippen LogP) is 3.24. The number of aromatic amines is 1. The first-order chi connectivity index (χ1) is 12.6. The maximum atomic E-state index is 11.7. The maximum absolute atomic E-state index is 11.7. The summed E-state index contributed by atoms with van der Waals surface area (Å²) in [5.74, 6) is 1.09. The number of H-pyrrole nitrogens is 1. The van der Waals surface area contributed by atoms with Crippen LogP contribution in [0.4, 0.5) is 0 Å². The third-order valence-electron chi connectivity index (χ3n) is 4.42. The van der Waals surface area contributed by atoms with Crippen LogP contribution in [0.1, 0.15) is 26.3 Å². The first kappa shape index (κ1) is 17.9. The van der Waals surface area contributed by atoms with Gasteiger partial charge in [0, 0.05) is 12.1 Å². The van der Waals surface area contributed by atoms with E-state index in [4.69, 9.17) is 0 Å². The quantitative estimate of drug-likeness (QED) is 0.684. The number of ketones is 1. The molecular weight excluding hydrogens is 326 g/mol. The number of carbonyl (C=O) groups excluding carboxylic acids is 1. The van der Waals surface area contributed by atoms with Gasteiger partial charge in [0.05, 0.1) is 6.04 Å². The maximum Gasteiger partial charge on any atom is 0.180 e. The smallest absolute Gasteiger partial charge is 0.180 e. The average Bonchev–Trinajstić information content (AvgIpc) is 3.16. The van der Waals surface area contributed by atoms with Gasteiger partial charge in [-0.25, -0.2) is 5.10 Å². The highest BCUT2D eigenvalue weighted by atomic mass is 16.1. The Balaban J connectivity index is 1.78. The van der Waals surface area contributed by atoms with Crippen molar-refractivity contribution < 1.29 is 4.79 Å². The number of carbonyl (C=O) groups is 1. The van der Waals surface area contributed by atoms with Gasteiger partial charge in [0.15, 0.2) is 5.82 Å². The monoisotopic (exact) mass is 349 g/mol. The molecule has 6 nitrogen and oxygen atoms in total. The van der Waals surface area contributed by atoms with E-state index in [1.807, 2.05) is 18.2 Å². The molecule has 134 valence electrons. The lowest BCUT2D eigenvalue weighted by Crippen LogP contribution is -2.39. The lowest BCUT2D eigenvalue weighted by molar-refractivity contribution is -0.120. The van der Waals surface area contributed by atoms with Crippen molar-refractivity contribution in [2.75, 3.05) is 0 Å². The molecule has 0 saturated carbocycles. The molecule has 0 radical (unpaired) electrons. The molecule has 1 atom stereocenters. The number of rotatable bonds is 7. The zero-order valence-electron chi connectivity index (χ0n) is 15.2. The number of Topliss-reactive ketones (excluding diaryl/α,β-unsaturated/α-hetero) is 1. The van der Waals surface area contributed by atoms with E-state index in [1.165, 1.54) is 0 Å². The van der Waals surface area contributed by atoms with Gasteiger partial charge in [0.25, 0.3) is 0 Å². The first-order valence-electron chi connectivity index (χ1n) is 8.72. The Morgan fingerprint density at radius 3 is 2.35 bits per heavy atom. The summed E-state index contributed by atoms with van der Waals surface area (Å²) in [6.45, 7) is 6.40. The molecule has 3 aromatic rings. The van der Waals surface area contributed by atoms with Crippen LogP contribution >= 0.6 is 0 Å². The summed E-state index contributed by atoms with van der Waals surface area (Å²) in [6, 6.07) is 16.2. The van der Waals surface area contributed by atoms with Gasteiger partial charge in [-0.2, -0.15) is 0 Å². The van der Waals surface area contributed by atoms with Gasteiger partial charge in [-0.3, -0.25) is 4.79 Å². The molecule has 0 bridgehead atoms. The average molecular weight is 349 g/mol. The topological polar surface area (TPSA) is 83.6 Å². The minimum atomic E-state index is -0.116. The van der Waals surface area contributed by atoms with Crippen molar-refractivity contribution in [3.8, 4) is 22.5 Å². The van der Waals surface area contributed by atoms with Crippen molar-refractivity contribution in [3.63, 3.8) is 0 Å². The zero-order chi connectivity index (χ0) is 18.5. The molecule has 0 aliphatic rings. The van der Waals surface area contributed by atoms with Crippen LogP contribution < -0.4 is 5.32 Å². The highest BCUT2D eigenvalue weighted by molar-refractivity contribution is 5.82. The van der Waals surface area contributed by atoms with Gasteiger partial charge in [-0.05, 0) is 40.0 Å². The summed E-state index contributed by atoms with van der Waals surface area (Å²) >= 11 is 0. The summed E-state index contributed by atoms with van der Waals surface area (Å²) in [5, 5.41) is 17.5. The van der Waals surface area contributed by atoms with Gasteiger partial charge in [-0.15, -0.1) is 5.10 Å². The van der Waals surface area contributed by atoms with Crippen LogP contribution in [0.2, 0.25) is 0 Å². The van der Waals surface area contributed by atoms with Crippen LogP contribution in [0.5, 0.6) is 0 Å². The highest BCUT2D eigenvalue weighted by Crippen LogP contribution is 2.29. The van der Waals surface area contributed by atoms with E-state index in [2.05, 4.69) is 70.1 Å². The van der Waals surface area contributed by atoms with Crippen molar-refractivity contribution in [2.24, 2.45) is 5.92 Å². The summed E-state index contributed by atoms with van der Waals surface area (Å²) in [7, 11) is 0. The Morgan fingerprint density at radius 1 is 1.08 bits per heavy atom. The van der Waals surface area contributed by atoms with E-state index >= 15 is 0 Å². The Hall–Kier alpha value is -2.86. The first-order valence-corrected chi connectivity index (χ1v) is 8.72. The molecule has 0 fully saturated rings. The van der Waals surface area contributed by atoms with E-state index in [1.54, 1.807) is 6.92 Å². The molecule has 0 amide bonds. The number of hydrogen-bond acceptors (Lipinski definition) is 5. The van der Waals surface area contributed by atoms with Crippen molar-refractivity contribution in [1.82, 2.24) is 25.9 Å². The highest BCUT2D eigenvalue weighted by Gasteiger charge is 2.17. The second-order valence-corrected chi connectivity index (χ2v) is 6.71. The minimum Gasteiger partial charge on any atom is -0.303 e. The van der Waals surface area contributed by atoms with Crippen LogP contribution in [0.15, 0.2) is 48.5 Å². The fraction of sp³-hybridized carbons (Fsp3) is 0.300. The molecule has 1 aromatic heterocycles. The second-order valence-electron chi connectivity index (χ2n) is 6.71. The fourth-order valence-corrected chi connectivity index (χ4v) is 3.09. The van der Waals surface area contributed by atoms with Crippen LogP contribution in [-0.2, 0) is 11.3 Å². The van der Waals surface area contributed by atoms with Crippen molar-refractivity contribution in [2.45, 2.75) is 33.4 Å². The molecule has 0 spiro atoms. The standard InChI is InChI=1S/C20H23N5O/c1-13(2)19(14(3)26)21-12-15-8-10-16(11-9-15)17-6-4-5-7-18(17)20-22-24-25-23-20/h4-11,13,19,21H,12H2,1-3H3,(H,22,23,24,25)/t19-/m0/s1. The number of tetrazole rings is 1.